The van der Waals surface area contributed by atoms with Crippen LogP contribution in [-0.4, -0.2) is 6.41 Å². The fraction of sp³-hybridized carbons (Fsp3) is 0.111. The van der Waals surface area contributed by atoms with Gasteiger partial charge in [-0.05, 0) is 18.2 Å². The minimum atomic E-state index is -0.631. The van der Waals surface area contributed by atoms with E-state index in [1.807, 2.05) is 0 Å². The molecule has 5 nitrogen and oxygen atoms in total. The minimum absolute atomic E-state index is 0. The number of carbonyl (C=O) groups is 1. The van der Waals surface area contributed by atoms with Gasteiger partial charge >= 0.3 is 0 Å². The first-order chi connectivity index (χ1) is 11.0. The Kier molecular flexibility index (Phi) is 11.1. The number of amides is 1. The number of nitrogens with zero attached hydrogens (tertiary/aromatic N) is 3. The van der Waals surface area contributed by atoms with Crippen molar-refractivity contribution in [2.24, 2.45) is 0 Å². The molecular weight excluding hydrogens is 326 g/mol. The molecule has 0 unspecified atom stereocenters. The first kappa shape index (κ1) is 23.5. The Morgan fingerprint density at radius 1 is 0.840 bits per heavy atom. The Balaban J connectivity index is 0. The molecular formula is C18H16F2N4O. The van der Waals surface area contributed by atoms with Crippen molar-refractivity contribution in [3.63, 3.8) is 0 Å². The Bertz CT molecular complexity index is 846. The molecule has 0 aliphatic heterocycles. The molecule has 0 aromatic heterocycles. The van der Waals surface area contributed by atoms with Crippen LogP contribution in [0.3, 0.4) is 0 Å². The van der Waals surface area contributed by atoms with Crippen LogP contribution in [0, 0.1) is 31.4 Å². The Morgan fingerprint density at radius 3 is 1.76 bits per heavy atom. The average Bonchev–Trinajstić information content (AvgIpc) is 2.57. The van der Waals surface area contributed by atoms with Gasteiger partial charge in [0.05, 0.1) is 25.4 Å². The Labute approximate surface area is 146 Å². The summed E-state index contributed by atoms with van der Waals surface area (Å²) >= 11 is 0. The van der Waals surface area contributed by atoms with Gasteiger partial charge in [-0.3, -0.25) is 4.79 Å². The molecule has 0 saturated carbocycles. The van der Waals surface area contributed by atoms with Gasteiger partial charge in [0, 0.05) is 0 Å². The molecule has 128 valence electrons. The molecule has 0 aliphatic carbocycles. The highest BCUT2D eigenvalue weighted by atomic mass is 19.1. The molecule has 2 aromatic carbocycles. The number of rotatable bonds is 2. The van der Waals surface area contributed by atoms with Crippen LogP contribution in [0.5, 0.6) is 0 Å². The third-order valence-corrected chi connectivity index (χ3v) is 2.48. The average molecular weight is 342 g/mol. The summed E-state index contributed by atoms with van der Waals surface area (Å²) in [4.78, 5) is 18.9. The molecule has 7 heteroatoms. The van der Waals surface area contributed by atoms with Crippen LogP contribution >= 0.6 is 0 Å². The molecule has 0 radical (unpaired) electrons. The van der Waals surface area contributed by atoms with Crippen LogP contribution in [0.1, 0.15) is 14.9 Å². The summed E-state index contributed by atoms with van der Waals surface area (Å²) in [5, 5.41) is 2.17. The lowest BCUT2D eigenvalue weighted by molar-refractivity contribution is -0.105. The van der Waals surface area contributed by atoms with E-state index in [1.165, 1.54) is 24.3 Å². The molecule has 2 rings (SSSR count). The van der Waals surface area contributed by atoms with Crippen molar-refractivity contribution >= 4 is 29.2 Å². The van der Waals surface area contributed by atoms with E-state index in [-0.39, 0.29) is 37.6 Å². The maximum absolute atomic E-state index is 12.9. The number of halogens is 2. The fourth-order valence-electron chi connectivity index (χ4n) is 1.41. The monoisotopic (exact) mass is 342 g/mol. The summed E-state index contributed by atoms with van der Waals surface area (Å²) in [6, 6.07) is 7.62. The number of hydrogen-bond donors (Lipinski definition) is 1. The molecule has 0 fully saturated rings. The Hall–Kier alpha value is -3.76. The van der Waals surface area contributed by atoms with Gasteiger partial charge in [-0.2, -0.15) is 0 Å². The van der Waals surface area contributed by atoms with Crippen LogP contribution in [0.2, 0.25) is 0 Å². The zero-order chi connectivity index (χ0) is 17.2. The minimum Gasteiger partial charge on any atom is -0.326 e. The normalized spacial score (nSPS) is 7.80. The van der Waals surface area contributed by atoms with E-state index < -0.39 is 11.6 Å². The first-order valence-electron chi connectivity index (χ1n) is 5.97. The standard InChI is InChI=1S/C8H5FN2O.C8H3FN2.2CH4/c1-10-6-2-3-8(11-5-12)7(9)4-6;1-10-6-3-4-8(11-2)7(9)5-6;;/h2-5H,(H,11,12);3-5H;2*1H4. The maximum atomic E-state index is 12.9. The largest absolute Gasteiger partial charge is 0.326 e. The molecule has 1 amide bonds. The van der Waals surface area contributed by atoms with Crippen molar-refractivity contribution in [3.8, 4) is 0 Å². The molecule has 0 aliphatic rings. The van der Waals surface area contributed by atoms with E-state index in [0.717, 1.165) is 12.1 Å². The van der Waals surface area contributed by atoms with Crippen LogP contribution in [-0.2, 0) is 4.79 Å². The molecule has 0 heterocycles. The summed E-state index contributed by atoms with van der Waals surface area (Å²) in [6.45, 7) is 19.6. The Morgan fingerprint density at radius 2 is 1.36 bits per heavy atom. The number of anilines is 1. The zero-order valence-electron chi connectivity index (χ0n) is 11.5. The predicted molar refractivity (Wildman–Crippen MR) is 94.7 cm³/mol. The lowest BCUT2D eigenvalue weighted by Crippen LogP contribution is -1.95. The topological polar surface area (TPSA) is 42.2 Å². The van der Waals surface area contributed by atoms with E-state index in [0.29, 0.717) is 6.41 Å². The maximum Gasteiger partial charge on any atom is 0.219 e. The summed E-state index contributed by atoms with van der Waals surface area (Å²) in [6.07, 6.45) is 0.385. The lowest BCUT2D eigenvalue weighted by atomic mass is 10.3. The zero-order valence-corrected chi connectivity index (χ0v) is 11.5. The third-order valence-electron chi connectivity index (χ3n) is 2.48. The van der Waals surface area contributed by atoms with Crippen molar-refractivity contribution in [1.82, 2.24) is 0 Å². The second kappa shape index (κ2) is 11.8. The van der Waals surface area contributed by atoms with Gasteiger partial charge in [-0.25, -0.2) is 23.3 Å². The number of carbonyl (C=O) groups excluding carboxylic acids is 1. The molecule has 0 saturated heterocycles. The number of benzene rings is 2. The van der Waals surface area contributed by atoms with Crippen LogP contribution in [0.15, 0.2) is 36.4 Å². The van der Waals surface area contributed by atoms with Crippen molar-refractivity contribution in [3.05, 3.63) is 82.3 Å². The van der Waals surface area contributed by atoms with Crippen LogP contribution in [0.25, 0.3) is 14.5 Å². The molecule has 25 heavy (non-hydrogen) atoms. The highest BCUT2D eigenvalue weighted by Gasteiger charge is 2.01. The highest BCUT2D eigenvalue weighted by Crippen LogP contribution is 2.22. The van der Waals surface area contributed by atoms with Crippen LogP contribution in [0.4, 0.5) is 31.5 Å². The van der Waals surface area contributed by atoms with Crippen LogP contribution < -0.4 is 5.32 Å². The fourth-order valence-corrected chi connectivity index (χ4v) is 1.41. The second-order valence-electron chi connectivity index (χ2n) is 3.90. The van der Waals surface area contributed by atoms with Gasteiger partial charge in [0.15, 0.2) is 11.4 Å². The summed E-state index contributed by atoms with van der Waals surface area (Å²) in [5.41, 5.74) is 0.466. The number of nitrogens with one attached hydrogen (secondary N) is 1. The van der Waals surface area contributed by atoms with E-state index in [9.17, 15) is 13.6 Å². The number of hydrogen-bond acceptors (Lipinski definition) is 1. The predicted octanol–water partition coefficient (Wildman–Crippen LogP) is 6.14. The molecule has 0 spiro atoms. The van der Waals surface area contributed by atoms with E-state index in [2.05, 4.69) is 19.9 Å². The first-order valence-corrected chi connectivity index (χ1v) is 5.97. The summed E-state index contributed by atoms with van der Waals surface area (Å²) < 4.78 is 25.5. The van der Waals surface area contributed by atoms with Gasteiger partial charge in [0.2, 0.25) is 12.1 Å². The lowest BCUT2D eigenvalue weighted by Gasteiger charge is -1.99. The van der Waals surface area contributed by atoms with Gasteiger partial charge in [-0.1, -0.05) is 33.1 Å². The molecule has 0 atom stereocenters. The quantitative estimate of drug-likeness (QED) is 0.516. The smallest absolute Gasteiger partial charge is 0.219 e. The molecule has 1 N–H and O–H groups in total. The van der Waals surface area contributed by atoms with E-state index in [4.69, 9.17) is 19.7 Å². The van der Waals surface area contributed by atoms with Crippen molar-refractivity contribution < 1.29 is 13.6 Å². The second-order valence-corrected chi connectivity index (χ2v) is 3.90. The summed E-state index contributed by atoms with van der Waals surface area (Å²) in [5.74, 6) is -1.23. The van der Waals surface area contributed by atoms with Crippen molar-refractivity contribution in [2.45, 2.75) is 14.9 Å². The van der Waals surface area contributed by atoms with Gasteiger partial charge in [0.1, 0.15) is 11.6 Å². The summed E-state index contributed by atoms with van der Waals surface area (Å²) in [7, 11) is 0. The van der Waals surface area contributed by atoms with Crippen molar-refractivity contribution in [1.29, 1.82) is 0 Å². The van der Waals surface area contributed by atoms with Gasteiger partial charge in [-0.15, -0.1) is 0 Å². The molecule has 2 aromatic rings. The molecule has 0 bridgehead atoms. The van der Waals surface area contributed by atoms with Gasteiger partial charge < -0.3 is 5.32 Å². The van der Waals surface area contributed by atoms with Crippen molar-refractivity contribution in [2.75, 3.05) is 5.32 Å². The SMILES string of the molecule is C.C.[C-]#[N+]c1ccc(NC=O)c(F)c1.[C-]#[N+]c1ccc([N+]#[C-])c(F)c1. The third kappa shape index (κ3) is 6.90. The van der Waals surface area contributed by atoms with E-state index in [1.54, 1.807) is 0 Å². The van der Waals surface area contributed by atoms with Gasteiger partial charge in [0.25, 0.3) is 0 Å². The highest BCUT2D eigenvalue weighted by molar-refractivity contribution is 5.72. The van der Waals surface area contributed by atoms with E-state index >= 15 is 0 Å².